The molecule has 0 fully saturated rings. The Bertz CT molecular complexity index is 586. The van der Waals surface area contributed by atoms with Crippen LogP contribution in [0.3, 0.4) is 0 Å². The van der Waals surface area contributed by atoms with Gasteiger partial charge >= 0.3 is 0 Å². The standard InChI is InChI=1S/C13H7BrClNO/c1-7-9-4-8(14)2-3-11(9)17-12-6-16-13(15)5-10(7)12/h2-6H,1H2. The number of fused-ring (bicyclic) bond motifs is 2. The molecular weight excluding hydrogens is 302 g/mol. The molecule has 2 nitrogen and oxygen atoms in total. The van der Waals surface area contributed by atoms with Gasteiger partial charge in [-0.25, -0.2) is 4.98 Å². The van der Waals surface area contributed by atoms with E-state index >= 15 is 0 Å². The minimum absolute atomic E-state index is 0.437. The summed E-state index contributed by atoms with van der Waals surface area (Å²) in [6, 6.07) is 7.58. The Morgan fingerprint density at radius 1 is 1.18 bits per heavy atom. The van der Waals surface area contributed by atoms with Crippen LogP contribution >= 0.6 is 27.5 Å². The molecule has 17 heavy (non-hydrogen) atoms. The molecular formula is C13H7BrClNO. The SMILES string of the molecule is C=C1c2cc(Br)ccc2Oc2cnc(Cl)cc21. The van der Waals surface area contributed by atoms with Crippen LogP contribution in [-0.4, -0.2) is 4.98 Å². The van der Waals surface area contributed by atoms with Crippen LogP contribution < -0.4 is 4.74 Å². The number of ether oxygens (including phenoxy) is 1. The molecule has 4 heteroatoms. The van der Waals surface area contributed by atoms with E-state index in [1.54, 1.807) is 12.3 Å². The molecule has 0 radical (unpaired) electrons. The predicted octanol–water partition coefficient (Wildman–Crippen LogP) is 4.66. The fraction of sp³-hybridized carbons (Fsp3) is 0. The molecule has 0 N–H and O–H groups in total. The molecule has 1 aromatic carbocycles. The number of pyridine rings is 1. The van der Waals surface area contributed by atoms with Gasteiger partial charge < -0.3 is 4.74 Å². The first-order valence-electron chi connectivity index (χ1n) is 4.98. The summed E-state index contributed by atoms with van der Waals surface area (Å²) in [4.78, 5) is 4.01. The van der Waals surface area contributed by atoms with E-state index in [9.17, 15) is 0 Å². The van der Waals surface area contributed by atoms with Crippen LogP contribution in [0.25, 0.3) is 5.57 Å². The van der Waals surface area contributed by atoms with Gasteiger partial charge in [0.15, 0.2) is 5.75 Å². The van der Waals surface area contributed by atoms with Crippen molar-refractivity contribution in [1.29, 1.82) is 0 Å². The Morgan fingerprint density at radius 2 is 1.94 bits per heavy atom. The lowest BCUT2D eigenvalue weighted by Crippen LogP contribution is -2.02. The zero-order chi connectivity index (χ0) is 12.0. The number of aromatic nitrogens is 1. The second-order valence-electron chi connectivity index (χ2n) is 3.72. The van der Waals surface area contributed by atoms with Crippen LogP contribution in [0, 0.1) is 0 Å². The summed E-state index contributed by atoms with van der Waals surface area (Å²) in [5.74, 6) is 1.48. The molecule has 0 atom stereocenters. The molecule has 0 amide bonds. The van der Waals surface area contributed by atoms with Crippen molar-refractivity contribution in [3.05, 3.63) is 57.8 Å². The summed E-state index contributed by atoms with van der Waals surface area (Å²) in [6.45, 7) is 4.09. The minimum atomic E-state index is 0.437. The van der Waals surface area contributed by atoms with E-state index in [0.29, 0.717) is 10.9 Å². The molecule has 0 spiro atoms. The number of benzene rings is 1. The maximum atomic E-state index is 5.88. The molecule has 2 heterocycles. The van der Waals surface area contributed by atoms with Gasteiger partial charge in [-0.3, -0.25) is 0 Å². The summed E-state index contributed by atoms with van der Waals surface area (Å²) in [7, 11) is 0. The molecule has 0 bridgehead atoms. The normalized spacial score (nSPS) is 12.7. The first-order chi connectivity index (χ1) is 8.15. The Hall–Kier alpha value is -1.32. The van der Waals surface area contributed by atoms with Crippen molar-refractivity contribution in [2.45, 2.75) is 0 Å². The highest BCUT2D eigenvalue weighted by atomic mass is 79.9. The zero-order valence-electron chi connectivity index (χ0n) is 8.71. The molecule has 1 aliphatic heterocycles. The van der Waals surface area contributed by atoms with E-state index in [1.807, 2.05) is 18.2 Å². The van der Waals surface area contributed by atoms with Crippen molar-refractivity contribution < 1.29 is 4.74 Å². The Morgan fingerprint density at radius 3 is 2.76 bits per heavy atom. The van der Waals surface area contributed by atoms with E-state index in [-0.39, 0.29) is 0 Å². The molecule has 0 saturated heterocycles. The molecule has 84 valence electrons. The third-order valence-corrected chi connectivity index (χ3v) is 3.35. The van der Waals surface area contributed by atoms with Gasteiger partial charge in [-0.2, -0.15) is 0 Å². The molecule has 1 aromatic heterocycles. The monoisotopic (exact) mass is 307 g/mol. The first kappa shape index (κ1) is 10.8. The number of rotatable bonds is 0. The average molecular weight is 309 g/mol. The predicted molar refractivity (Wildman–Crippen MR) is 71.6 cm³/mol. The maximum absolute atomic E-state index is 5.88. The van der Waals surface area contributed by atoms with Crippen LogP contribution in [0.5, 0.6) is 11.5 Å². The second kappa shape index (κ2) is 3.86. The molecule has 3 rings (SSSR count). The largest absolute Gasteiger partial charge is 0.454 e. The van der Waals surface area contributed by atoms with Crippen molar-refractivity contribution in [2.75, 3.05) is 0 Å². The second-order valence-corrected chi connectivity index (χ2v) is 5.03. The third kappa shape index (κ3) is 1.75. The number of hydrogen-bond donors (Lipinski definition) is 0. The fourth-order valence-corrected chi connectivity index (χ4v) is 2.34. The molecule has 0 saturated carbocycles. The summed E-state index contributed by atoms with van der Waals surface area (Å²) in [6.07, 6.45) is 1.62. The van der Waals surface area contributed by atoms with E-state index in [4.69, 9.17) is 16.3 Å². The molecule has 2 aromatic rings. The summed E-state index contributed by atoms with van der Waals surface area (Å²) in [5.41, 5.74) is 2.75. The first-order valence-corrected chi connectivity index (χ1v) is 6.15. The van der Waals surface area contributed by atoms with Gasteiger partial charge in [0.25, 0.3) is 0 Å². The third-order valence-electron chi connectivity index (χ3n) is 2.65. The van der Waals surface area contributed by atoms with Gasteiger partial charge in [0.2, 0.25) is 0 Å². The number of nitrogens with zero attached hydrogens (tertiary/aromatic N) is 1. The van der Waals surface area contributed by atoms with Gasteiger partial charge in [-0.05, 0) is 29.8 Å². The van der Waals surface area contributed by atoms with Crippen molar-refractivity contribution in [1.82, 2.24) is 4.98 Å². The van der Waals surface area contributed by atoms with Crippen LogP contribution in [-0.2, 0) is 0 Å². The van der Waals surface area contributed by atoms with Gasteiger partial charge in [0.1, 0.15) is 10.9 Å². The van der Waals surface area contributed by atoms with Crippen molar-refractivity contribution in [2.24, 2.45) is 0 Å². The Labute approximate surface area is 112 Å². The molecule has 1 aliphatic rings. The molecule has 0 aliphatic carbocycles. The quantitative estimate of drug-likeness (QED) is 0.563. The van der Waals surface area contributed by atoms with E-state index in [0.717, 1.165) is 26.9 Å². The number of hydrogen-bond acceptors (Lipinski definition) is 2. The van der Waals surface area contributed by atoms with Gasteiger partial charge in [0.05, 0.1) is 6.20 Å². The fourth-order valence-electron chi connectivity index (χ4n) is 1.83. The van der Waals surface area contributed by atoms with E-state index in [1.165, 1.54) is 0 Å². The lowest BCUT2D eigenvalue weighted by atomic mass is 9.97. The van der Waals surface area contributed by atoms with Gasteiger partial charge in [0, 0.05) is 15.6 Å². The van der Waals surface area contributed by atoms with Crippen LogP contribution in [0.15, 0.2) is 41.5 Å². The van der Waals surface area contributed by atoms with Crippen molar-refractivity contribution >= 4 is 33.1 Å². The summed E-state index contributed by atoms with van der Waals surface area (Å²) < 4.78 is 6.75. The Balaban J connectivity index is 2.21. The average Bonchev–Trinajstić information content (AvgIpc) is 2.32. The highest BCUT2D eigenvalue weighted by Gasteiger charge is 2.21. The van der Waals surface area contributed by atoms with E-state index < -0.39 is 0 Å². The number of halogens is 2. The highest BCUT2D eigenvalue weighted by Crippen LogP contribution is 2.43. The van der Waals surface area contributed by atoms with Crippen LogP contribution in [0.4, 0.5) is 0 Å². The van der Waals surface area contributed by atoms with Gasteiger partial charge in [-0.15, -0.1) is 0 Å². The van der Waals surface area contributed by atoms with Crippen molar-refractivity contribution in [3.8, 4) is 11.5 Å². The summed E-state index contributed by atoms with van der Waals surface area (Å²) in [5, 5.41) is 0.437. The maximum Gasteiger partial charge on any atom is 0.153 e. The molecule has 0 unspecified atom stereocenters. The Kier molecular flexibility index (Phi) is 2.45. The van der Waals surface area contributed by atoms with Crippen molar-refractivity contribution in [3.63, 3.8) is 0 Å². The topological polar surface area (TPSA) is 22.1 Å². The smallest absolute Gasteiger partial charge is 0.153 e. The zero-order valence-corrected chi connectivity index (χ0v) is 11.0. The van der Waals surface area contributed by atoms with Gasteiger partial charge in [-0.1, -0.05) is 34.1 Å². The van der Waals surface area contributed by atoms with Crippen LogP contribution in [0.1, 0.15) is 11.1 Å². The highest BCUT2D eigenvalue weighted by molar-refractivity contribution is 9.10. The van der Waals surface area contributed by atoms with E-state index in [2.05, 4.69) is 27.5 Å². The van der Waals surface area contributed by atoms with Crippen LogP contribution in [0.2, 0.25) is 5.15 Å². The lowest BCUT2D eigenvalue weighted by molar-refractivity contribution is 0.471. The minimum Gasteiger partial charge on any atom is -0.454 e. The lowest BCUT2D eigenvalue weighted by Gasteiger charge is -2.21. The summed E-state index contributed by atoms with van der Waals surface area (Å²) >= 11 is 9.32.